The second-order valence-electron chi connectivity index (χ2n) is 8.94. The summed E-state index contributed by atoms with van der Waals surface area (Å²) in [4.78, 5) is 30.2. The number of hydrogen-bond donors (Lipinski definition) is 1. The number of Topliss-reactive ketones (excluding diaryl/α,β-unsaturated/α-hetero) is 1. The largest absolute Gasteiger partial charge is 0.507 e. The summed E-state index contributed by atoms with van der Waals surface area (Å²) in [7, 11) is 9.73. The molecule has 200 valence electrons. The maximum Gasteiger partial charge on any atom is 0.295 e. The number of nitrogens with zero attached hydrogens (tertiary/aromatic N) is 2. The molecule has 0 aliphatic carbocycles. The molecule has 10 heteroatoms. The zero-order chi connectivity index (χ0) is 27.4. The fourth-order valence-corrected chi connectivity index (χ4v) is 4.88. The summed E-state index contributed by atoms with van der Waals surface area (Å²) in [5, 5.41) is 11.8. The number of halogens is 1. The van der Waals surface area contributed by atoms with Crippen molar-refractivity contribution in [1.82, 2.24) is 9.80 Å². The molecule has 2 aromatic carbocycles. The minimum atomic E-state index is -0.917. The first-order valence-corrected chi connectivity index (χ1v) is 12.0. The van der Waals surface area contributed by atoms with Gasteiger partial charge in [0.05, 0.1) is 50.6 Å². The van der Waals surface area contributed by atoms with Crippen LogP contribution in [-0.4, -0.2) is 82.2 Å². The van der Waals surface area contributed by atoms with Crippen molar-refractivity contribution in [3.63, 3.8) is 0 Å². The van der Waals surface area contributed by atoms with E-state index in [1.165, 1.54) is 33.3 Å². The Hall–Kier alpha value is -3.43. The Bertz CT molecular complexity index is 1200. The summed E-state index contributed by atoms with van der Waals surface area (Å²) in [5.41, 5.74) is 1.40. The molecule has 1 heterocycles. The van der Waals surface area contributed by atoms with Gasteiger partial charge in [0.2, 0.25) is 5.75 Å². The van der Waals surface area contributed by atoms with E-state index in [1.807, 2.05) is 19.0 Å². The fraction of sp³-hybridized carbons (Fsp3) is 0.407. The zero-order valence-corrected chi connectivity index (χ0v) is 22.9. The Balaban J connectivity index is 2.30. The monoisotopic (exact) mass is 532 g/mol. The number of carbonyl (C=O) groups excluding carboxylic acids is 2. The lowest BCUT2D eigenvalue weighted by Crippen LogP contribution is -2.32. The van der Waals surface area contributed by atoms with Crippen molar-refractivity contribution in [2.75, 3.05) is 55.6 Å². The van der Waals surface area contributed by atoms with E-state index in [0.717, 1.165) is 5.56 Å². The van der Waals surface area contributed by atoms with Gasteiger partial charge in [0.1, 0.15) is 11.5 Å². The third-order valence-electron chi connectivity index (χ3n) is 6.19. The van der Waals surface area contributed by atoms with Gasteiger partial charge in [0.25, 0.3) is 11.7 Å². The molecular weight excluding hydrogens is 500 g/mol. The number of likely N-dealkylation sites (tertiary alicyclic amines) is 1. The SMILES string of the molecule is COc1cc(C2/C(=C(\O)c3cc(C)cc(Cl)c3OC)C(=O)C(=O)N2CCCN(C)C)cc(OC)c1OC. The van der Waals surface area contributed by atoms with Crippen molar-refractivity contribution in [3.05, 3.63) is 51.6 Å². The third kappa shape index (κ3) is 5.47. The quantitative estimate of drug-likeness (QED) is 0.278. The van der Waals surface area contributed by atoms with Crippen LogP contribution in [0.1, 0.15) is 29.2 Å². The molecule has 0 radical (unpaired) electrons. The molecule has 0 aromatic heterocycles. The Morgan fingerprint density at radius 3 is 2.08 bits per heavy atom. The number of ketones is 1. The molecule has 1 saturated heterocycles. The van der Waals surface area contributed by atoms with E-state index in [4.69, 9.17) is 30.5 Å². The van der Waals surface area contributed by atoms with Gasteiger partial charge in [0.15, 0.2) is 11.5 Å². The second-order valence-corrected chi connectivity index (χ2v) is 9.34. The first-order valence-electron chi connectivity index (χ1n) is 11.7. The van der Waals surface area contributed by atoms with Gasteiger partial charge in [-0.2, -0.15) is 0 Å². The first-order chi connectivity index (χ1) is 17.6. The lowest BCUT2D eigenvalue weighted by atomic mass is 9.94. The standard InChI is InChI=1S/C27H33ClN2O7/c1-15-11-17(25(36-6)18(28)12-15)23(31)21-22(30(27(33)24(21)32)10-8-9-29(2)3)16-13-19(34-4)26(37-7)20(14-16)35-5/h11-14,22,31H,8-10H2,1-7H3/b23-21+. The molecule has 0 bridgehead atoms. The lowest BCUT2D eigenvalue weighted by molar-refractivity contribution is -0.139. The minimum absolute atomic E-state index is 0.0795. The zero-order valence-electron chi connectivity index (χ0n) is 22.2. The number of aliphatic hydroxyl groups is 1. The molecule has 1 amide bonds. The Morgan fingerprint density at radius 1 is 0.973 bits per heavy atom. The maximum atomic E-state index is 13.4. The van der Waals surface area contributed by atoms with Crippen LogP contribution in [0.3, 0.4) is 0 Å². The number of carbonyl (C=O) groups is 2. The van der Waals surface area contributed by atoms with E-state index in [-0.39, 0.29) is 34.2 Å². The van der Waals surface area contributed by atoms with Crippen LogP contribution in [0.25, 0.3) is 5.76 Å². The normalized spacial score (nSPS) is 16.9. The lowest BCUT2D eigenvalue weighted by Gasteiger charge is -2.27. The van der Waals surface area contributed by atoms with Gasteiger partial charge >= 0.3 is 0 Å². The molecule has 9 nitrogen and oxygen atoms in total. The smallest absolute Gasteiger partial charge is 0.295 e. The summed E-state index contributed by atoms with van der Waals surface area (Å²) in [6.07, 6.45) is 0.612. The first kappa shape index (κ1) is 28.1. The van der Waals surface area contributed by atoms with Crippen LogP contribution in [0.15, 0.2) is 29.8 Å². The summed E-state index contributed by atoms with van der Waals surface area (Å²) in [5.74, 6) is -0.622. The highest BCUT2D eigenvalue weighted by molar-refractivity contribution is 6.46. The summed E-state index contributed by atoms with van der Waals surface area (Å²) >= 11 is 6.37. The highest BCUT2D eigenvalue weighted by atomic mass is 35.5. The van der Waals surface area contributed by atoms with E-state index < -0.39 is 17.7 Å². The molecule has 1 aliphatic rings. The van der Waals surface area contributed by atoms with Crippen molar-refractivity contribution >= 4 is 29.1 Å². The highest BCUT2D eigenvalue weighted by Crippen LogP contribution is 2.47. The number of aryl methyl sites for hydroxylation is 1. The predicted octanol–water partition coefficient (Wildman–Crippen LogP) is 4.06. The molecule has 1 atom stereocenters. The number of hydrogen-bond acceptors (Lipinski definition) is 8. The fourth-order valence-electron chi connectivity index (χ4n) is 4.53. The summed E-state index contributed by atoms with van der Waals surface area (Å²) < 4.78 is 21.9. The van der Waals surface area contributed by atoms with Gasteiger partial charge in [-0.15, -0.1) is 0 Å². The van der Waals surface area contributed by atoms with Crippen molar-refractivity contribution in [2.24, 2.45) is 0 Å². The van der Waals surface area contributed by atoms with Crippen LogP contribution in [0.2, 0.25) is 5.02 Å². The number of ether oxygens (including phenoxy) is 4. The minimum Gasteiger partial charge on any atom is -0.507 e. The van der Waals surface area contributed by atoms with E-state index in [0.29, 0.717) is 35.8 Å². The molecule has 1 fully saturated rings. The number of benzene rings is 2. The van der Waals surface area contributed by atoms with Crippen molar-refractivity contribution in [2.45, 2.75) is 19.4 Å². The average Bonchev–Trinajstić information content (AvgIpc) is 3.11. The van der Waals surface area contributed by atoms with E-state index >= 15 is 0 Å². The van der Waals surface area contributed by atoms with Crippen LogP contribution in [0.4, 0.5) is 0 Å². The van der Waals surface area contributed by atoms with Gasteiger partial charge in [-0.05, 0) is 69.4 Å². The Labute approximate surface area is 222 Å². The van der Waals surface area contributed by atoms with Crippen LogP contribution in [-0.2, 0) is 9.59 Å². The van der Waals surface area contributed by atoms with Crippen molar-refractivity contribution in [1.29, 1.82) is 0 Å². The van der Waals surface area contributed by atoms with Gasteiger partial charge in [-0.25, -0.2) is 0 Å². The van der Waals surface area contributed by atoms with E-state index in [2.05, 4.69) is 0 Å². The van der Waals surface area contributed by atoms with Crippen LogP contribution >= 0.6 is 11.6 Å². The van der Waals surface area contributed by atoms with Crippen LogP contribution < -0.4 is 18.9 Å². The molecule has 1 N–H and O–H groups in total. The van der Waals surface area contributed by atoms with E-state index in [1.54, 1.807) is 31.2 Å². The van der Waals surface area contributed by atoms with Crippen molar-refractivity contribution < 1.29 is 33.6 Å². The summed E-state index contributed by atoms with van der Waals surface area (Å²) in [6.45, 7) is 2.79. The Kier molecular flexibility index (Phi) is 8.94. The topological polar surface area (TPSA) is 97.8 Å². The molecule has 1 aliphatic heterocycles. The molecule has 3 rings (SSSR count). The molecule has 37 heavy (non-hydrogen) atoms. The highest BCUT2D eigenvalue weighted by Gasteiger charge is 2.46. The van der Waals surface area contributed by atoms with Gasteiger partial charge in [0, 0.05) is 6.54 Å². The third-order valence-corrected chi connectivity index (χ3v) is 6.48. The van der Waals surface area contributed by atoms with Crippen molar-refractivity contribution in [3.8, 4) is 23.0 Å². The van der Waals surface area contributed by atoms with Gasteiger partial charge in [-0.1, -0.05) is 11.6 Å². The Morgan fingerprint density at radius 2 is 1.57 bits per heavy atom. The summed E-state index contributed by atoms with van der Waals surface area (Å²) in [6, 6.07) is 5.77. The predicted molar refractivity (Wildman–Crippen MR) is 141 cm³/mol. The molecule has 0 spiro atoms. The molecule has 2 aromatic rings. The number of amides is 1. The maximum absolute atomic E-state index is 13.4. The number of methoxy groups -OCH3 is 4. The second kappa shape index (κ2) is 11.7. The van der Waals surface area contributed by atoms with Gasteiger partial charge in [-0.3, -0.25) is 9.59 Å². The van der Waals surface area contributed by atoms with E-state index in [9.17, 15) is 14.7 Å². The number of aliphatic hydroxyl groups excluding tert-OH is 1. The van der Waals surface area contributed by atoms with Crippen LogP contribution in [0.5, 0.6) is 23.0 Å². The number of rotatable bonds is 10. The van der Waals surface area contributed by atoms with Gasteiger partial charge < -0.3 is 33.9 Å². The molecule has 0 saturated carbocycles. The molecule has 1 unspecified atom stereocenters. The molecular formula is C27H33ClN2O7. The van der Waals surface area contributed by atoms with Crippen LogP contribution in [0, 0.1) is 6.92 Å². The average molecular weight is 533 g/mol.